The van der Waals surface area contributed by atoms with E-state index < -0.39 is 25.0 Å². The molecule has 4 heterocycles. The number of rotatable bonds is 11. The smallest absolute Gasteiger partial charge is 0.243 e. The van der Waals surface area contributed by atoms with Gasteiger partial charge in [-0.2, -0.15) is 0 Å². The van der Waals surface area contributed by atoms with Gasteiger partial charge in [0.1, 0.15) is 24.2 Å². The highest BCUT2D eigenvalue weighted by Crippen LogP contribution is 2.36. The molecule has 3 unspecified atom stereocenters. The van der Waals surface area contributed by atoms with Crippen LogP contribution in [0.5, 0.6) is 11.5 Å². The lowest BCUT2D eigenvalue weighted by molar-refractivity contribution is -0.137. The number of imide groups is 1. The Kier molecular flexibility index (Phi) is 9.34. The van der Waals surface area contributed by atoms with Crippen LogP contribution in [0, 0.1) is 0 Å². The number of amides is 2. The quantitative estimate of drug-likeness (QED) is 0.188. The van der Waals surface area contributed by atoms with E-state index in [0.29, 0.717) is 19.1 Å². The van der Waals surface area contributed by atoms with E-state index in [2.05, 4.69) is 89.6 Å². The van der Waals surface area contributed by atoms with Crippen molar-refractivity contribution in [2.24, 2.45) is 0 Å². The third kappa shape index (κ3) is 7.79. The summed E-state index contributed by atoms with van der Waals surface area (Å²) in [5.41, 5.74) is 5.35. The largest absolute Gasteiger partial charge is 0.490 e. The third-order valence-corrected chi connectivity index (χ3v) is 11.5. The number of fused-ring (bicyclic) bond motifs is 1. The molecule has 11 nitrogen and oxygen atoms in total. The van der Waals surface area contributed by atoms with Crippen molar-refractivity contribution >= 4 is 23.5 Å². The molecule has 4 atom stereocenters. The van der Waals surface area contributed by atoms with Gasteiger partial charge in [0.05, 0.1) is 11.7 Å². The lowest BCUT2D eigenvalue weighted by Crippen LogP contribution is -2.50. The number of likely N-dealkylation sites (N-methyl/N-ethyl adjacent to an activating group) is 1. The maximum atomic E-state index is 12.5. The van der Waals surface area contributed by atoms with Gasteiger partial charge in [-0.3, -0.25) is 19.8 Å². The highest BCUT2D eigenvalue weighted by Gasteiger charge is 2.35. The van der Waals surface area contributed by atoms with Gasteiger partial charge in [0.25, 0.3) is 0 Å². The summed E-state index contributed by atoms with van der Waals surface area (Å²) in [6, 6.07) is 24.4. The molecular formula is C43H51N7O4. The van der Waals surface area contributed by atoms with E-state index in [1.807, 2.05) is 42.6 Å². The van der Waals surface area contributed by atoms with Crippen LogP contribution in [-0.2, 0) is 34.7 Å². The summed E-state index contributed by atoms with van der Waals surface area (Å²) in [6.45, 7) is 8.20. The van der Waals surface area contributed by atoms with Gasteiger partial charge in [0, 0.05) is 84.1 Å². The van der Waals surface area contributed by atoms with Crippen molar-refractivity contribution in [2.45, 2.75) is 95.7 Å². The summed E-state index contributed by atoms with van der Waals surface area (Å²) in [4.78, 5) is 39.7. The van der Waals surface area contributed by atoms with Crippen LogP contribution in [0.15, 0.2) is 79.0 Å². The number of aromatic nitrogens is 2. The Morgan fingerprint density at radius 3 is 2.39 bits per heavy atom. The van der Waals surface area contributed by atoms with Crippen molar-refractivity contribution in [1.82, 2.24) is 25.1 Å². The zero-order valence-corrected chi connectivity index (χ0v) is 31.5. The summed E-state index contributed by atoms with van der Waals surface area (Å²) in [6.07, 6.45) is 4.16. The van der Waals surface area contributed by atoms with Crippen LogP contribution in [0.2, 0.25) is 0 Å². The summed E-state index contributed by atoms with van der Waals surface area (Å²) in [5, 5.41) is 5.93. The molecule has 3 fully saturated rings. The molecule has 1 aliphatic carbocycles. The second-order valence-corrected chi connectivity index (χ2v) is 15.7. The van der Waals surface area contributed by atoms with Gasteiger partial charge in [-0.1, -0.05) is 44.2 Å². The Morgan fingerprint density at radius 1 is 0.944 bits per heavy atom. The molecule has 2 amide bonds. The zero-order valence-electron chi connectivity index (χ0n) is 33.5. The highest BCUT2D eigenvalue weighted by atomic mass is 16.5. The SMILES string of the molecule is [2H]C1c2ccc(NC3CC(Oc4ccc(C(C)(C)c5ccc(OCc6ccnc(N7CCN(C)[C@H](C)C7)n6)cc5)cc4)C3)cc2C([2H])N1C1CCC(=O)NC1=O. The van der Waals surface area contributed by atoms with E-state index in [0.717, 1.165) is 72.4 Å². The van der Waals surface area contributed by atoms with Gasteiger partial charge < -0.3 is 24.6 Å². The molecule has 1 saturated carbocycles. The van der Waals surface area contributed by atoms with Gasteiger partial charge in [0.2, 0.25) is 17.8 Å². The van der Waals surface area contributed by atoms with E-state index >= 15 is 0 Å². The number of hydrogen-bond donors (Lipinski definition) is 2. The molecule has 282 valence electrons. The van der Waals surface area contributed by atoms with Gasteiger partial charge in [-0.25, -0.2) is 9.97 Å². The predicted molar refractivity (Wildman–Crippen MR) is 209 cm³/mol. The van der Waals surface area contributed by atoms with Crippen molar-refractivity contribution in [3.05, 3.63) is 107 Å². The molecule has 0 spiro atoms. The van der Waals surface area contributed by atoms with Crippen LogP contribution in [0.1, 0.15) is 77.1 Å². The van der Waals surface area contributed by atoms with Crippen molar-refractivity contribution in [1.29, 1.82) is 0 Å². The van der Waals surface area contributed by atoms with Gasteiger partial charge in [-0.05, 0) is 85.1 Å². The molecule has 4 aliphatic rings. The van der Waals surface area contributed by atoms with Crippen LogP contribution in [0.25, 0.3) is 0 Å². The number of piperazine rings is 1. The number of carbonyl (C=O) groups excluding carboxylic acids is 2. The van der Waals surface area contributed by atoms with Crippen molar-refractivity contribution in [3.63, 3.8) is 0 Å². The van der Waals surface area contributed by atoms with Crippen LogP contribution in [-0.4, -0.2) is 82.5 Å². The second kappa shape index (κ2) is 15.0. The molecule has 2 saturated heterocycles. The van der Waals surface area contributed by atoms with Crippen molar-refractivity contribution < 1.29 is 21.8 Å². The Hall–Kier alpha value is -5.00. The monoisotopic (exact) mass is 731 g/mol. The molecule has 0 bridgehead atoms. The minimum absolute atomic E-state index is 0.0994. The highest BCUT2D eigenvalue weighted by molar-refractivity contribution is 6.00. The molecular weight excluding hydrogens is 679 g/mol. The molecule has 3 aromatic carbocycles. The minimum atomic E-state index is -0.844. The normalized spacial score (nSPS) is 26.6. The number of ether oxygens (including phenoxy) is 2. The Bertz CT molecular complexity index is 2060. The summed E-state index contributed by atoms with van der Waals surface area (Å²) in [5.74, 6) is 1.68. The van der Waals surface area contributed by atoms with Crippen LogP contribution in [0.4, 0.5) is 11.6 Å². The van der Waals surface area contributed by atoms with Crippen molar-refractivity contribution in [2.75, 3.05) is 36.9 Å². The lowest BCUT2D eigenvalue weighted by atomic mass is 9.78. The third-order valence-electron chi connectivity index (χ3n) is 11.5. The number of carbonyl (C=O) groups is 2. The fourth-order valence-corrected chi connectivity index (χ4v) is 7.70. The second-order valence-electron chi connectivity index (χ2n) is 15.7. The predicted octanol–water partition coefficient (Wildman–Crippen LogP) is 5.66. The number of anilines is 2. The lowest BCUT2D eigenvalue weighted by Gasteiger charge is -2.37. The molecule has 2 N–H and O–H groups in total. The van der Waals surface area contributed by atoms with E-state index in [4.69, 9.17) is 17.2 Å². The minimum Gasteiger partial charge on any atom is -0.490 e. The molecule has 4 aromatic rings. The first-order valence-corrected chi connectivity index (χ1v) is 19.1. The Balaban J connectivity index is 0.809. The van der Waals surface area contributed by atoms with Crippen LogP contribution < -0.4 is 25.0 Å². The van der Waals surface area contributed by atoms with E-state index in [1.54, 1.807) is 4.90 Å². The average molecular weight is 732 g/mol. The topological polar surface area (TPSA) is 112 Å². The average Bonchev–Trinajstić information content (AvgIpc) is 3.42. The molecule has 8 rings (SSSR count). The fourth-order valence-electron chi connectivity index (χ4n) is 7.70. The zero-order chi connectivity index (χ0) is 39.1. The fraction of sp³-hybridized carbons (Fsp3) is 0.442. The van der Waals surface area contributed by atoms with E-state index in [1.165, 1.54) is 11.1 Å². The Morgan fingerprint density at radius 2 is 1.67 bits per heavy atom. The molecule has 1 aromatic heterocycles. The van der Waals surface area contributed by atoms with E-state index in [-0.39, 0.29) is 29.9 Å². The number of hydrogen-bond acceptors (Lipinski definition) is 10. The first kappa shape index (κ1) is 33.6. The Labute approximate surface area is 320 Å². The van der Waals surface area contributed by atoms with Crippen molar-refractivity contribution in [3.8, 4) is 11.5 Å². The molecule has 3 aliphatic heterocycles. The summed E-state index contributed by atoms with van der Waals surface area (Å²) >= 11 is 0. The van der Waals surface area contributed by atoms with Gasteiger partial charge in [-0.15, -0.1) is 0 Å². The number of piperidine rings is 1. The van der Waals surface area contributed by atoms with E-state index in [9.17, 15) is 9.59 Å². The first-order chi connectivity index (χ1) is 26.9. The van der Waals surface area contributed by atoms with Gasteiger partial charge in [0.15, 0.2) is 0 Å². The molecule has 11 heteroatoms. The number of benzene rings is 3. The van der Waals surface area contributed by atoms with Gasteiger partial charge >= 0.3 is 0 Å². The maximum absolute atomic E-state index is 12.5. The maximum Gasteiger partial charge on any atom is 0.243 e. The molecule has 54 heavy (non-hydrogen) atoms. The number of nitrogens with one attached hydrogen (secondary N) is 2. The summed E-state index contributed by atoms with van der Waals surface area (Å²) < 4.78 is 30.1. The van der Waals surface area contributed by atoms with Crippen LogP contribution >= 0.6 is 0 Å². The first-order valence-electron chi connectivity index (χ1n) is 20.2. The molecule has 0 radical (unpaired) electrons. The number of nitrogens with zero attached hydrogens (tertiary/aromatic N) is 5. The summed E-state index contributed by atoms with van der Waals surface area (Å²) in [7, 11) is 2.16. The standard InChI is InChI=1S/C43H51N7O4/c1-28-24-49(20-19-48(28)4)42-44-18-17-34(46-42)27-53-36-11-6-31(7-12-36)43(2,3)32-8-13-37(14-9-32)54-38-22-35(23-38)45-33-10-5-29-25-50(26-30(29)21-33)39-15-16-40(51)47-41(39)52/h5-14,17-18,21,28,35,38-39,45H,15-16,19-20,22-27H2,1-4H3,(H,47,51,52)/t28-,35?,38?,39?/m1/s1/i25D,26D/t25?,26?,28-,35?,38?,39?. The van der Waals surface area contributed by atoms with Crippen LogP contribution in [0.3, 0.4) is 0 Å².